The van der Waals surface area contributed by atoms with Crippen LogP contribution >= 0.6 is 0 Å². The summed E-state index contributed by atoms with van der Waals surface area (Å²) in [7, 11) is 1.52. The number of aromatic amines is 1. The Morgan fingerprint density at radius 2 is 1.87 bits per heavy atom. The summed E-state index contributed by atoms with van der Waals surface area (Å²) in [4.78, 5) is 10.5. The average molecular weight is 405 g/mol. The second-order valence-electron chi connectivity index (χ2n) is 7.01. The first kappa shape index (κ1) is 18.5. The van der Waals surface area contributed by atoms with Crippen LogP contribution < -0.4 is 9.64 Å². The number of morpholine rings is 1. The Hall–Kier alpha value is -3.52. The summed E-state index contributed by atoms with van der Waals surface area (Å²) in [5.41, 5.74) is 3.59. The third-order valence-electron chi connectivity index (χ3n) is 5.29. The van der Waals surface area contributed by atoms with Crippen LogP contribution in [0.2, 0.25) is 0 Å². The number of rotatable bonds is 4. The van der Waals surface area contributed by atoms with Gasteiger partial charge in [-0.15, -0.1) is 0 Å². The largest absolute Gasteiger partial charge is 0.496 e. The van der Waals surface area contributed by atoms with Crippen LogP contribution in [0.3, 0.4) is 0 Å². The highest BCUT2D eigenvalue weighted by atomic mass is 19.1. The van der Waals surface area contributed by atoms with Crippen molar-refractivity contribution in [1.29, 1.82) is 0 Å². The van der Waals surface area contributed by atoms with Crippen LogP contribution in [0.25, 0.3) is 33.3 Å². The fraction of sp³-hybridized carbons (Fsp3) is 0.227. The maximum absolute atomic E-state index is 14.5. The van der Waals surface area contributed by atoms with Crippen LogP contribution in [0.1, 0.15) is 0 Å². The Balaban J connectivity index is 1.60. The van der Waals surface area contributed by atoms with Crippen molar-refractivity contribution in [1.82, 2.24) is 20.2 Å². The van der Waals surface area contributed by atoms with E-state index >= 15 is 0 Å². The molecule has 1 saturated heterocycles. The van der Waals surface area contributed by atoms with Crippen LogP contribution in [0.4, 0.5) is 10.2 Å². The van der Waals surface area contributed by atoms with Gasteiger partial charge in [0.05, 0.1) is 31.4 Å². The summed E-state index contributed by atoms with van der Waals surface area (Å²) in [6, 6.07) is 11.2. The zero-order chi connectivity index (χ0) is 20.5. The number of anilines is 1. The van der Waals surface area contributed by atoms with Crippen LogP contribution in [-0.4, -0.2) is 53.6 Å². The predicted octanol–water partition coefficient (Wildman–Crippen LogP) is 3.67. The molecule has 1 fully saturated rings. The van der Waals surface area contributed by atoms with Crippen molar-refractivity contribution < 1.29 is 13.9 Å². The van der Waals surface area contributed by atoms with E-state index in [1.165, 1.54) is 13.3 Å². The molecule has 1 N–H and O–H groups in total. The van der Waals surface area contributed by atoms with E-state index in [9.17, 15) is 4.39 Å². The molecule has 0 saturated carbocycles. The molecular formula is C22H20FN5O2. The minimum absolute atomic E-state index is 0.331. The molecule has 5 rings (SSSR count). The van der Waals surface area contributed by atoms with Gasteiger partial charge in [0.1, 0.15) is 17.3 Å². The summed E-state index contributed by atoms with van der Waals surface area (Å²) in [5, 5.41) is 8.46. The SMILES string of the molecule is COc1ccnc(F)c1-c1ccc2[nH]nc(-c3ccnc(N4CCOCC4)c3)c2c1. The normalized spacial score (nSPS) is 14.3. The Bertz CT molecular complexity index is 1200. The number of aromatic nitrogens is 4. The molecule has 0 bridgehead atoms. The van der Waals surface area contributed by atoms with Gasteiger partial charge in [-0.25, -0.2) is 9.97 Å². The second-order valence-corrected chi connectivity index (χ2v) is 7.01. The monoisotopic (exact) mass is 405 g/mol. The molecule has 7 nitrogen and oxygen atoms in total. The number of hydrogen-bond acceptors (Lipinski definition) is 6. The number of fused-ring (bicyclic) bond motifs is 1. The molecule has 4 aromatic rings. The van der Waals surface area contributed by atoms with Gasteiger partial charge in [-0.2, -0.15) is 9.49 Å². The lowest BCUT2D eigenvalue weighted by molar-refractivity contribution is 0.122. The highest BCUT2D eigenvalue weighted by Gasteiger charge is 2.17. The molecule has 1 aliphatic rings. The van der Waals surface area contributed by atoms with Crippen LogP contribution in [-0.2, 0) is 4.74 Å². The van der Waals surface area contributed by atoms with Gasteiger partial charge in [0, 0.05) is 36.4 Å². The summed E-state index contributed by atoms with van der Waals surface area (Å²) in [6.07, 6.45) is 3.18. The van der Waals surface area contributed by atoms with Crippen LogP contribution in [0, 0.1) is 5.95 Å². The van der Waals surface area contributed by atoms with Gasteiger partial charge in [0.2, 0.25) is 5.95 Å². The molecule has 0 atom stereocenters. The minimum Gasteiger partial charge on any atom is -0.496 e. The van der Waals surface area contributed by atoms with Crippen molar-refractivity contribution >= 4 is 16.7 Å². The van der Waals surface area contributed by atoms with E-state index in [1.54, 1.807) is 12.3 Å². The summed E-state index contributed by atoms with van der Waals surface area (Å²) in [6.45, 7) is 3.00. The number of methoxy groups -OCH3 is 1. The molecule has 3 aromatic heterocycles. The van der Waals surface area contributed by atoms with Gasteiger partial charge in [-0.3, -0.25) is 5.10 Å². The Kier molecular flexibility index (Phi) is 4.76. The highest BCUT2D eigenvalue weighted by molar-refractivity contribution is 5.96. The van der Waals surface area contributed by atoms with Crippen molar-refractivity contribution in [3.05, 3.63) is 54.7 Å². The predicted molar refractivity (Wildman–Crippen MR) is 112 cm³/mol. The number of pyridine rings is 2. The standard InChI is InChI=1S/C22H20FN5O2/c1-29-18-5-7-25-22(23)20(18)14-2-3-17-16(12-14)21(27-26-17)15-4-6-24-19(13-15)28-8-10-30-11-9-28/h2-7,12-13H,8-11H2,1H3,(H,26,27). The van der Waals surface area contributed by atoms with Crippen LogP contribution in [0.5, 0.6) is 5.75 Å². The lowest BCUT2D eigenvalue weighted by atomic mass is 10.0. The fourth-order valence-corrected chi connectivity index (χ4v) is 3.77. The topological polar surface area (TPSA) is 76.2 Å². The van der Waals surface area contributed by atoms with E-state index in [0.29, 0.717) is 30.1 Å². The minimum atomic E-state index is -0.572. The van der Waals surface area contributed by atoms with Crippen molar-refractivity contribution in [2.75, 3.05) is 38.3 Å². The molecule has 1 aromatic carbocycles. The number of benzene rings is 1. The van der Waals surface area contributed by atoms with E-state index < -0.39 is 5.95 Å². The molecule has 4 heterocycles. The summed E-state index contributed by atoms with van der Waals surface area (Å²) < 4.78 is 25.3. The molecule has 1 aliphatic heterocycles. The van der Waals surface area contributed by atoms with E-state index in [2.05, 4.69) is 25.1 Å². The molecule has 152 valence electrons. The number of H-pyrrole nitrogens is 1. The van der Waals surface area contributed by atoms with Gasteiger partial charge < -0.3 is 14.4 Å². The molecule has 0 amide bonds. The van der Waals surface area contributed by atoms with Crippen molar-refractivity contribution in [2.24, 2.45) is 0 Å². The first-order valence-electron chi connectivity index (χ1n) is 9.70. The highest BCUT2D eigenvalue weighted by Crippen LogP contribution is 2.35. The van der Waals surface area contributed by atoms with Gasteiger partial charge in [-0.1, -0.05) is 6.07 Å². The Morgan fingerprint density at radius 1 is 1.03 bits per heavy atom. The number of nitrogens with zero attached hydrogens (tertiary/aromatic N) is 4. The van der Waals surface area contributed by atoms with Crippen molar-refractivity contribution in [3.8, 4) is 28.1 Å². The fourth-order valence-electron chi connectivity index (χ4n) is 3.77. The maximum Gasteiger partial charge on any atom is 0.224 e. The third-order valence-corrected chi connectivity index (χ3v) is 5.29. The van der Waals surface area contributed by atoms with Crippen molar-refractivity contribution in [3.63, 3.8) is 0 Å². The molecule has 0 unspecified atom stereocenters. The zero-order valence-electron chi connectivity index (χ0n) is 16.4. The number of hydrogen-bond donors (Lipinski definition) is 1. The summed E-state index contributed by atoms with van der Waals surface area (Å²) in [5.74, 6) is 0.755. The van der Waals surface area contributed by atoms with Gasteiger partial charge in [-0.05, 0) is 35.9 Å². The van der Waals surface area contributed by atoms with Gasteiger partial charge in [0.25, 0.3) is 0 Å². The molecular weight excluding hydrogens is 385 g/mol. The van der Waals surface area contributed by atoms with Gasteiger partial charge >= 0.3 is 0 Å². The van der Waals surface area contributed by atoms with Crippen molar-refractivity contribution in [2.45, 2.75) is 0 Å². The molecule has 0 aliphatic carbocycles. The Morgan fingerprint density at radius 3 is 2.70 bits per heavy atom. The first-order chi connectivity index (χ1) is 14.7. The molecule has 0 spiro atoms. The lowest BCUT2D eigenvalue weighted by Gasteiger charge is -2.27. The van der Waals surface area contributed by atoms with E-state index in [1.807, 2.05) is 30.3 Å². The molecule has 0 radical (unpaired) electrons. The van der Waals surface area contributed by atoms with Crippen LogP contribution in [0.15, 0.2) is 48.8 Å². The number of nitrogens with one attached hydrogen (secondary N) is 1. The van der Waals surface area contributed by atoms with E-state index in [0.717, 1.165) is 41.1 Å². The van der Waals surface area contributed by atoms with Gasteiger partial charge in [0.15, 0.2) is 0 Å². The first-order valence-corrected chi connectivity index (χ1v) is 9.70. The molecule has 8 heteroatoms. The summed E-state index contributed by atoms with van der Waals surface area (Å²) >= 11 is 0. The van der Waals surface area contributed by atoms with E-state index in [-0.39, 0.29) is 0 Å². The smallest absolute Gasteiger partial charge is 0.224 e. The quantitative estimate of drug-likeness (QED) is 0.522. The second kappa shape index (κ2) is 7.72. The van der Waals surface area contributed by atoms with E-state index in [4.69, 9.17) is 9.47 Å². The number of halogens is 1. The number of ether oxygens (including phenoxy) is 2. The maximum atomic E-state index is 14.5. The molecule has 30 heavy (non-hydrogen) atoms. The Labute approximate surface area is 172 Å². The third kappa shape index (κ3) is 3.25. The average Bonchev–Trinajstić information content (AvgIpc) is 3.23. The zero-order valence-corrected chi connectivity index (χ0v) is 16.4. The lowest BCUT2D eigenvalue weighted by Crippen LogP contribution is -2.36.